The fourth-order valence-electron chi connectivity index (χ4n) is 2.91. The van der Waals surface area contributed by atoms with E-state index in [9.17, 15) is 14.4 Å². The van der Waals surface area contributed by atoms with Gasteiger partial charge in [-0.25, -0.2) is 4.79 Å². The van der Waals surface area contributed by atoms with Crippen LogP contribution >= 0.6 is 15.9 Å². The van der Waals surface area contributed by atoms with E-state index in [-0.39, 0.29) is 17.4 Å². The fourth-order valence-corrected chi connectivity index (χ4v) is 3.45. The molecule has 3 N–H and O–H groups in total. The number of carboxylic acid groups (broad SMARTS) is 1. The van der Waals surface area contributed by atoms with Crippen LogP contribution in [0.1, 0.15) is 29.6 Å². The largest absolute Gasteiger partial charge is 0.481 e. The molecule has 1 saturated carbocycles. The first-order valence-corrected chi connectivity index (χ1v) is 7.43. The molecule has 1 aliphatic rings. The van der Waals surface area contributed by atoms with Gasteiger partial charge >= 0.3 is 11.7 Å². The summed E-state index contributed by atoms with van der Waals surface area (Å²) >= 11 is 3.35. The number of aromatic amines is 2. The highest BCUT2D eigenvalue weighted by molar-refractivity contribution is 9.10. The SMILES string of the molecule is O=C(O)C1CCC(C(=O)c2cc3[nH]c(=O)[nH]c3cc2Br)C1. The zero-order chi connectivity index (χ0) is 15.1. The number of rotatable bonds is 3. The summed E-state index contributed by atoms with van der Waals surface area (Å²) in [4.78, 5) is 40.1. The van der Waals surface area contributed by atoms with Gasteiger partial charge in [0.2, 0.25) is 0 Å². The highest BCUT2D eigenvalue weighted by Gasteiger charge is 2.34. The number of aromatic nitrogens is 2. The highest BCUT2D eigenvalue weighted by atomic mass is 79.9. The second-order valence-corrected chi connectivity index (χ2v) is 6.22. The zero-order valence-corrected chi connectivity index (χ0v) is 12.6. The van der Waals surface area contributed by atoms with Crippen LogP contribution in [0.15, 0.2) is 21.4 Å². The molecule has 21 heavy (non-hydrogen) atoms. The molecule has 2 unspecified atom stereocenters. The van der Waals surface area contributed by atoms with E-state index < -0.39 is 11.9 Å². The Morgan fingerprint density at radius 3 is 2.38 bits per heavy atom. The Kier molecular flexibility index (Phi) is 3.44. The number of benzene rings is 1. The number of carbonyl (C=O) groups is 2. The molecule has 110 valence electrons. The molecule has 2 atom stereocenters. The number of H-pyrrole nitrogens is 2. The van der Waals surface area contributed by atoms with E-state index in [0.717, 1.165) is 0 Å². The third-order valence-corrected chi connectivity index (χ3v) is 4.68. The van der Waals surface area contributed by atoms with Gasteiger partial charge in [0.1, 0.15) is 0 Å². The number of aliphatic carboxylic acids is 1. The van der Waals surface area contributed by atoms with E-state index in [1.54, 1.807) is 12.1 Å². The first-order chi connectivity index (χ1) is 9.95. The topological polar surface area (TPSA) is 103 Å². The minimum atomic E-state index is -0.838. The van der Waals surface area contributed by atoms with Crippen LogP contribution in [-0.4, -0.2) is 26.8 Å². The standard InChI is InChI=1S/C14H13BrN2O4/c15-9-5-11-10(16-14(21)17-11)4-8(9)12(18)6-1-2-7(3-6)13(19)20/h4-7H,1-3H2,(H,19,20)(H2,16,17,21). The Labute approximate surface area is 127 Å². The van der Waals surface area contributed by atoms with E-state index in [1.165, 1.54) is 0 Å². The molecule has 1 aliphatic carbocycles. The zero-order valence-electron chi connectivity index (χ0n) is 11.0. The quantitative estimate of drug-likeness (QED) is 0.737. The van der Waals surface area contributed by atoms with Crippen molar-refractivity contribution in [2.75, 3.05) is 0 Å². The van der Waals surface area contributed by atoms with Gasteiger partial charge in [-0.3, -0.25) is 9.59 Å². The number of hydrogen-bond donors (Lipinski definition) is 3. The van der Waals surface area contributed by atoms with Crippen LogP contribution in [0.25, 0.3) is 11.0 Å². The second-order valence-electron chi connectivity index (χ2n) is 5.37. The van der Waals surface area contributed by atoms with Gasteiger partial charge in [0.15, 0.2) is 5.78 Å². The second kappa shape index (κ2) is 5.14. The number of fused-ring (bicyclic) bond motifs is 1. The first kappa shape index (κ1) is 14.1. The monoisotopic (exact) mass is 352 g/mol. The number of halogens is 1. The molecule has 0 radical (unpaired) electrons. The molecule has 1 fully saturated rings. The summed E-state index contributed by atoms with van der Waals surface area (Å²) in [5.41, 5.74) is 1.35. The lowest BCUT2D eigenvalue weighted by Gasteiger charge is -2.10. The molecule has 0 spiro atoms. The van der Waals surface area contributed by atoms with Crippen molar-refractivity contribution in [1.82, 2.24) is 9.97 Å². The van der Waals surface area contributed by atoms with Crippen molar-refractivity contribution in [3.8, 4) is 0 Å². The molecule has 0 bridgehead atoms. The van der Waals surface area contributed by atoms with Gasteiger partial charge in [0.25, 0.3) is 0 Å². The molecule has 3 rings (SSSR count). The summed E-state index contributed by atoms with van der Waals surface area (Å²) in [6.07, 6.45) is 1.50. The third kappa shape index (κ3) is 2.53. The predicted molar refractivity (Wildman–Crippen MR) is 79.4 cm³/mol. The van der Waals surface area contributed by atoms with Gasteiger partial charge in [0, 0.05) is 16.0 Å². The number of hydrogen-bond acceptors (Lipinski definition) is 3. The average Bonchev–Trinajstić information content (AvgIpc) is 3.02. The van der Waals surface area contributed by atoms with Crippen LogP contribution in [0, 0.1) is 11.8 Å². The van der Waals surface area contributed by atoms with E-state index in [1.807, 2.05) is 0 Å². The van der Waals surface area contributed by atoms with Crippen LogP contribution in [0.5, 0.6) is 0 Å². The smallest absolute Gasteiger partial charge is 0.323 e. The molecule has 1 aromatic carbocycles. The van der Waals surface area contributed by atoms with Crippen LogP contribution in [-0.2, 0) is 4.79 Å². The summed E-state index contributed by atoms with van der Waals surface area (Å²) in [5.74, 6) is -1.62. The molecule has 0 saturated heterocycles. The minimum absolute atomic E-state index is 0.0745. The van der Waals surface area contributed by atoms with Crippen molar-refractivity contribution < 1.29 is 14.7 Å². The van der Waals surface area contributed by atoms with Crippen LogP contribution in [0.3, 0.4) is 0 Å². The number of nitrogens with one attached hydrogen (secondary N) is 2. The Hall–Kier alpha value is -1.89. The van der Waals surface area contributed by atoms with Crippen molar-refractivity contribution in [3.05, 3.63) is 32.7 Å². The number of carbonyl (C=O) groups excluding carboxylic acids is 1. The van der Waals surface area contributed by atoms with Crippen molar-refractivity contribution in [2.45, 2.75) is 19.3 Å². The van der Waals surface area contributed by atoms with Crippen molar-refractivity contribution in [3.63, 3.8) is 0 Å². The summed E-state index contributed by atoms with van der Waals surface area (Å²) in [6, 6.07) is 3.32. The Balaban J connectivity index is 1.93. The van der Waals surface area contributed by atoms with Crippen molar-refractivity contribution in [2.24, 2.45) is 11.8 Å². The molecular weight excluding hydrogens is 340 g/mol. The lowest BCUT2D eigenvalue weighted by Crippen LogP contribution is -2.15. The van der Waals surface area contributed by atoms with E-state index >= 15 is 0 Å². The maximum absolute atomic E-state index is 12.6. The Morgan fingerprint density at radius 1 is 1.14 bits per heavy atom. The minimum Gasteiger partial charge on any atom is -0.481 e. The molecule has 7 heteroatoms. The molecule has 0 aliphatic heterocycles. The van der Waals surface area contributed by atoms with Gasteiger partial charge in [0.05, 0.1) is 17.0 Å². The van der Waals surface area contributed by atoms with Gasteiger partial charge in [-0.2, -0.15) is 0 Å². The van der Waals surface area contributed by atoms with Gasteiger partial charge in [-0.1, -0.05) is 0 Å². The van der Waals surface area contributed by atoms with E-state index in [4.69, 9.17) is 5.11 Å². The van der Waals surface area contributed by atoms with Gasteiger partial charge < -0.3 is 15.1 Å². The van der Waals surface area contributed by atoms with Crippen LogP contribution < -0.4 is 5.69 Å². The summed E-state index contributed by atoms with van der Waals surface area (Å²) in [6.45, 7) is 0. The lowest BCUT2D eigenvalue weighted by molar-refractivity contribution is -0.141. The molecule has 2 aromatic rings. The van der Waals surface area contributed by atoms with E-state index in [0.29, 0.717) is 40.3 Å². The molecule has 1 aromatic heterocycles. The predicted octanol–water partition coefficient (Wildman–Crippen LogP) is 2.30. The highest BCUT2D eigenvalue weighted by Crippen LogP contribution is 2.35. The van der Waals surface area contributed by atoms with E-state index in [2.05, 4.69) is 25.9 Å². The summed E-state index contributed by atoms with van der Waals surface area (Å²) in [7, 11) is 0. The molecule has 0 amide bonds. The average molecular weight is 353 g/mol. The number of carboxylic acids is 1. The van der Waals surface area contributed by atoms with Crippen molar-refractivity contribution >= 4 is 38.7 Å². The van der Waals surface area contributed by atoms with Gasteiger partial charge in [-0.05, 0) is 47.3 Å². The lowest BCUT2D eigenvalue weighted by atomic mass is 9.95. The normalized spacial score (nSPS) is 21.8. The number of imidazole rings is 1. The fraction of sp³-hybridized carbons (Fsp3) is 0.357. The summed E-state index contributed by atoms with van der Waals surface area (Å²) < 4.78 is 0.606. The Bertz CT molecular complexity index is 792. The first-order valence-electron chi connectivity index (χ1n) is 6.64. The summed E-state index contributed by atoms with van der Waals surface area (Å²) in [5, 5.41) is 9.02. The third-order valence-electron chi connectivity index (χ3n) is 4.02. The number of Topliss-reactive ketones (excluding diaryl/α,β-unsaturated/α-hetero) is 1. The number of ketones is 1. The molecule has 6 nitrogen and oxygen atoms in total. The maximum atomic E-state index is 12.6. The molecule has 1 heterocycles. The van der Waals surface area contributed by atoms with Crippen LogP contribution in [0.4, 0.5) is 0 Å². The van der Waals surface area contributed by atoms with Gasteiger partial charge in [-0.15, -0.1) is 0 Å². The van der Waals surface area contributed by atoms with Crippen molar-refractivity contribution in [1.29, 1.82) is 0 Å². The molecular formula is C14H13BrN2O4. The Morgan fingerprint density at radius 2 is 1.76 bits per heavy atom. The van der Waals surface area contributed by atoms with Crippen LogP contribution in [0.2, 0.25) is 0 Å². The maximum Gasteiger partial charge on any atom is 0.323 e.